The lowest BCUT2D eigenvalue weighted by molar-refractivity contribution is -0.123. The van der Waals surface area contributed by atoms with Crippen molar-refractivity contribution in [2.24, 2.45) is 0 Å². The first-order chi connectivity index (χ1) is 10.9. The summed E-state index contributed by atoms with van der Waals surface area (Å²) in [6.07, 6.45) is 0.265. The van der Waals surface area contributed by atoms with Gasteiger partial charge < -0.3 is 15.2 Å². The maximum Gasteiger partial charge on any atom is 0.338 e. The summed E-state index contributed by atoms with van der Waals surface area (Å²) in [6, 6.07) is 6.90. The van der Waals surface area contributed by atoms with Crippen LogP contribution in [-0.2, 0) is 9.53 Å². The molecule has 2 N–H and O–H groups in total. The normalized spacial score (nSPS) is 11.6. The van der Waals surface area contributed by atoms with Crippen LogP contribution in [0, 0.1) is 0 Å². The molecule has 0 saturated heterocycles. The fraction of sp³-hybridized carbons (Fsp3) is 0.133. The van der Waals surface area contributed by atoms with Crippen molar-refractivity contribution in [2.75, 3.05) is 5.32 Å². The van der Waals surface area contributed by atoms with E-state index in [1.54, 1.807) is 0 Å². The zero-order valence-corrected chi connectivity index (χ0v) is 13.4. The Hall–Kier alpha value is -2.31. The monoisotopic (exact) mass is 354 g/mol. The number of carbonyl (C=O) groups is 2. The van der Waals surface area contributed by atoms with Crippen molar-refractivity contribution in [3.8, 4) is 5.75 Å². The molecule has 2 rings (SSSR count). The zero-order chi connectivity index (χ0) is 17.0. The number of nitrogens with zero attached hydrogens (tertiary/aromatic N) is 1. The van der Waals surface area contributed by atoms with Crippen LogP contribution in [0.3, 0.4) is 0 Å². The van der Waals surface area contributed by atoms with Gasteiger partial charge in [0.1, 0.15) is 5.75 Å². The van der Waals surface area contributed by atoms with E-state index in [0.717, 1.165) is 0 Å². The third kappa shape index (κ3) is 4.58. The van der Waals surface area contributed by atoms with Crippen molar-refractivity contribution < 1.29 is 19.4 Å². The Kier molecular flexibility index (Phi) is 5.41. The van der Waals surface area contributed by atoms with E-state index in [1.807, 2.05) is 0 Å². The number of anilines is 1. The molecule has 0 radical (unpaired) electrons. The summed E-state index contributed by atoms with van der Waals surface area (Å²) in [4.78, 5) is 27.8. The molecular weight excluding hydrogens is 343 g/mol. The summed E-state index contributed by atoms with van der Waals surface area (Å²) in [5.74, 6) is -1.14. The molecule has 0 aliphatic heterocycles. The number of aromatic hydroxyl groups is 1. The Balaban J connectivity index is 1.99. The van der Waals surface area contributed by atoms with Gasteiger partial charge in [0.05, 0.1) is 15.6 Å². The summed E-state index contributed by atoms with van der Waals surface area (Å²) < 4.78 is 5.04. The number of esters is 1. The molecule has 0 saturated carbocycles. The van der Waals surface area contributed by atoms with Crippen molar-refractivity contribution in [1.82, 2.24) is 4.98 Å². The highest BCUT2D eigenvalue weighted by Gasteiger charge is 2.20. The maximum atomic E-state index is 12.0. The minimum Gasteiger partial charge on any atom is -0.508 e. The summed E-state index contributed by atoms with van der Waals surface area (Å²) in [6.45, 7) is 1.41. The number of ether oxygens (including phenoxy) is 1. The second-order valence-corrected chi connectivity index (χ2v) is 5.41. The van der Waals surface area contributed by atoms with E-state index in [-0.39, 0.29) is 22.2 Å². The van der Waals surface area contributed by atoms with Crippen LogP contribution in [0.25, 0.3) is 0 Å². The highest BCUT2D eigenvalue weighted by Crippen LogP contribution is 2.22. The van der Waals surface area contributed by atoms with E-state index < -0.39 is 18.0 Å². The highest BCUT2D eigenvalue weighted by molar-refractivity contribution is 6.36. The molecule has 2 aromatic rings. The number of carbonyl (C=O) groups excluding carboxylic acids is 2. The van der Waals surface area contributed by atoms with Gasteiger partial charge >= 0.3 is 5.97 Å². The van der Waals surface area contributed by atoms with Gasteiger partial charge in [-0.2, -0.15) is 0 Å². The third-order valence-corrected chi connectivity index (χ3v) is 3.30. The molecule has 0 aliphatic rings. The molecule has 1 heterocycles. The summed E-state index contributed by atoms with van der Waals surface area (Å²) in [5, 5.41) is 12.1. The molecule has 1 atom stereocenters. The molecule has 23 heavy (non-hydrogen) atoms. The summed E-state index contributed by atoms with van der Waals surface area (Å²) >= 11 is 11.6. The van der Waals surface area contributed by atoms with E-state index in [1.165, 1.54) is 43.5 Å². The van der Waals surface area contributed by atoms with Crippen molar-refractivity contribution >= 4 is 40.9 Å². The minimum absolute atomic E-state index is 0.0239. The zero-order valence-electron chi connectivity index (χ0n) is 11.9. The van der Waals surface area contributed by atoms with Gasteiger partial charge in [0, 0.05) is 6.20 Å². The lowest BCUT2D eigenvalue weighted by Crippen LogP contribution is -2.30. The van der Waals surface area contributed by atoms with E-state index >= 15 is 0 Å². The molecule has 120 valence electrons. The standard InChI is InChI=1S/C15H12Cl2N2O4/c1-8(23-15(22)9-2-4-11(20)5-3-9)14(21)19-13-12(17)6-10(16)7-18-13/h2-8,20H,1H3,(H,18,19,21). The second-order valence-electron chi connectivity index (χ2n) is 4.57. The fourth-order valence-electron chi connectivity index (χ4n) is 1.60. The van der Waals surface area contributed by atoms with Gasteiger partial charge in [-0.3, -0.25) is 4.79 Å². The molecule has 6 nitrogen and oxygen atoms in total. The number of pyridine rings is 1. The van der Waals surface area contributed by atoms with Crippen molar-refractivity contribution in [1.29, 1.82) is 0 Å². The molecule has 0 bridgehead atoms. The smallest absolute Gasteiger partial charge is 0.338 e. The van der Waals surface area contributed by atoms with Crippen LogP contribution in [0.1, 0.15) is 17.3 Å². The van der Waals surface area contributed by atoms with E-state index in [0.29, 0.717) is 5.02 Å². The molecule has 0 aliphatic carbocycles. The van der Waals surface area contributed by atoms with Gasteiger partial charge in [-0.15, -0.1) is 0 Å². The third-order valence-electron chi connectivity index (χ3n) is 2.81. The van der Waals surface area contributed by atoms with Crippen LogP contribution in [0.15, 0.2) is 36.5 Å². The largest absolute Gasteiger partial charge is 0.508 e. The first kappa shape index (κ1) is 17.1. The van der Waals surface area contributed by atoms with E-state index in [4.69, 9.17) is 27.9 Å². The predicted molar refractivity (Wildman–Crippen MR) is 85.9 cm³/mol. The fourth-order valence-corrected chi connectivity index (χ4v) is 2.03. The topological polar surface area (TPSA) is 88.5 Å². The maximum absolute atomic E-state index is 12.0. The first-order valence-corrected chi connectivity index (χ1v) is 7.24. The Morgan fingerprint density at radius 1 is 1.26 bits per heavy atom. The van der Waals surface area contributed by atoms with Crippen LogP contribution in [-0.4, -0.2) is 28.1 Å². The van der Waals surface area contributed by atoms with Crippen molar-refractivity contribution in [3.05, 3.63) is 52.1 Å². The van der Waals surface area contributed by atoms with Crippen molar-refractivity contribution in [2.45, 2.75) is 13.0 Å². The highest BCUT2D eigenvalue weighted by atomic mass is 35.5. The summed E-state index contributed by atoms with van der Waals surface area (Å²) in [5.41, 5.74) is 0.213. The molecule has 1 amide bonds. The minimum atomic E-state index is -1.06. The Labute approximate surface area is 142 Å². The number of hydrogen-bond donors (Lipinski definition) is 2. The number of benzene rings is 1. The number of halogens is 2. The number of nitrogens with one attached hydrogen (secondary N) is 1. The van der Waals surface area contributed by atoms with Gasteiger partial charge in [-0.1, -0.05) is 23.2 Å². The number of hydrogen-bond acceptors (Lipinski definition) is 5. The van der Waals surface area contributed by atoms with Gasteiger partial charge in [0.2, 0.25) is 0 Å². The SMILES string of the molecule is CC(OC(=O)c1ccc(O)cc1)C(=O)Nc1ncc(Cl)cc1Cl. The van der Waals surface area contributed by atoms with Crippen molar-refractivity contribution in [3.63, 3.8) is 0 Å². The molecule has 0 spiro atoms. The molecule has 1 aromatic heterocycles. The van der Waals surface area contributed by atoms with Crippen LogP contribution in [0.2, 0.25) is 10.0 Å². The Morgan fingerprint density at radius 3 is 2.52 bits per heavy atom. The van der Waals surface area contributed by atoms with Crippen LogP contribution in [0.5, 0.6) is 5.75 Å². The first-order valence-electron chi connectivity index (χ1n) is 6.48. The van der Waals surface area contributed by atoms with Crippen LogP contribution in [0.4, 0.5) is 5.82 Å². The molecule has 8 heteroatoms. The van der Waals surface area contributed by atoms with E-state index in [2.05, 4.69) is 10.3 Å². The quantitative estimate of drug-likeness (QED) is 0.822. The van der Waals surface area contributed by atoms with E-state index in [9.17, 15) is 14.7 Å². The molecule has 1 aromatic carbocycles. The number of aromatic nitrogens is 1. The molecule has 0 fully saturated rings. The number of phenols is 1. The average Bonchev–Trinajstić information content (AvgIpc) is 2.50. The Morgan fingerprint density at radius 2 is 1.91 bits per heavy atom. The lowest BCUT2D eigenvalue weighted by atomic mass is 10.2. The van der Waals surface area contributed by atoms with Gasteiger partial charge in [-0.25, -0.2) is 9.78 Å². The van der Waals surface area contributed by atoms with Gasteiger partial charge in [0.15, 0.2) is 11.9 Å². The lowest BCUT2D eigenvalue weighted by Gasteiger charge is -2.13. The second kappa shape index (κ2) is 7.30. The molecule has 1 unspecified atom stereocenters. The number of phenolic OH excluding ortho intramolecular Hbond substituents is 1. The van der Waals surface area contributed by atoms with Gasteiger partial charge in [0.25, 0.3) is 5.91 Å². The van der Waals surface area contributed by atoms with Crippen LogP contribution >= 0.6 is 23.2 Å². The summed E-state index contributed by atoms with van der Waals surface area (Å²) in [7, 11) is 0. The number of rotatable bonds is 4. The average molecular weight is 355 g/mol. The molecular formula is C15H12Cl2N2O4. The van der Waals surface area contributed by atoms with Gasteiger partial charge in [-0.05, 0) is 37.3 Å². The number of amides is 1. The predicted octanol–water partition coefficient (Wildman–Crippen LogP) is 3.28. The van der Waals surface area contributed by atoms with Crippen LogP contribution < -0.4 is 5.32 Å². The Bertz CT molecular complexity index is 735.